The van der Waals surface area contributed by atoms with Gasteiger partial charge in [0, 0.05) is 25.1 Å². The molecule has 1 N–H and O–H groups in total. The highest BCUT2D eigenvalue weighted by Crippen LogP contribution is 2.31. The minimum Gasteiger partial charge on any atom is -0.407 e. The predicted molar refractivity (Wildman–Crippen MR) is 104 cm³/mol. The van der Waals surface area contributed by atoms with Gasteiger partial charge in [0.05, 0.1) is 5.92 Å². The Bertz CT molecular complexity index is 1000. The molecule has 1 aliphatic rings. The molecule has 2 heterocycles. The van der Waals surface area contributed by atoms with Gasteiger partial charge >= 0.3 is 6.01 Å². The highest BCUT2D eigenvalue weighted by Gasteiger charge is 2.35. The van der Waals surface area contributed by atoms with E-state index in [1.807, 2.05) is 30.3 Å². The Balaban J connectivity index is 1.34. The van der Waals surface area contributed by atoms with Crippen molar-refractivity contribution in [3.8, 4) is 0 Å². The fourth-order valence-corrected chi connectivity index (χ4v) is 3.28. The van der Waals surface area contributed by atoms with E-state index >= 15 is 0 Å². The number of nitrogens with zero attached hydrogens (tertiary/aromatic N) is 3. The number of benzene rings is 2. The summed E-state index contributed by atoms with van der Waals surface area (Å²) in [6, 6.07) is 15.5. The van der Waals surface area contributed by atoms with E-state index in [-0.39, 0.29) is 36.0 Å². The topological polar surface area (TPSA) is 88.3 Å². The Morgan fingerprint density at radius 3 is 2.66 bits per heavy atom. The number of carbonyl (C=O) groups excluding carboxylic acids is 2. The lowest BCUT2D eigenvalue weighted by Gasteiger charge is -2.15. The number of halogens is 1. The van der Waals surface area contributed by atoms with Crippen molar-refractivity contribution in [2.45, 2.75) is 25.2 Å². The quantitative estimate of drug-likeness (QED) is 0.693. The van der Waals surface area contributed by atoms with E-state index in [4.69, 9.17) is 4.42 Å². The van der Waals surface area contributed by atoms with Crippen LogP contribution in [0, 0.1) is 5.82 Å². The molecule has 1 aromatic heterocycles. The molecule has 4 rings (SSSR count). The summed E-state index contributed by atoms with van der Waals surface area (Å²) >= 11 is 0. The van der Waals surface area contributed by atoms with Crippen molar-refractivity contribution in [3.63, 3.8) is 0 Å². The Hall–Kier alpha value is -3.55. The number of rotatable bonds is 6. The first-order chi connectivity index (χ1) is 14.1. The fraction of sp³-hybridized carbons (Fsp3) is 0.238. The summed E-state index contributed by atoms with van der Waals surface area (Å²) in [6.07, 6.45) is 1.11. The zero-order valence-corrected chi connectivity index (χ0v) is 15.5. The van der Waals surface area contributed by atoms with Crippen LogP contribution in [0.5, 0.6) is 0 Å². The van der Waals surface area contributed by atoms with Crippen LogP contribution in [0.3, 0.4) is 0 Å². The van der Waals surface area contributed by atoms with Crippen molar-refractivity contribution in [1.29, 1.82) is 0 Å². The summed E-state index contributed by atoms with van der Waals surface area (Å²) in [7, 11) is 0. The number of nitrogens with one attached hydrogen (secondary N) is 1. The lowest BCUT2D eigenvalue weighted by molar-refractivity contribution is -0.117. The summed E-state index contributed by atoms with van der Waals surface area (Å²) in [4.78, 5) is 26.0. The van der Waals surface area contributed by atoms with Crippen LogP contribution >= 0.6 is 0 Å². The lowest BCUT2D eigenvalue weighted by Crippen LogP contribution is -2.24. The molecule has 1 unspecified atom stereocenters. The van der Waals surface area contributed by atoms with Gasteiger partial charge in [0.2, 0.25) is 17.7 Å². The van der Waals surface area contributed by atoms with Crippen molar-refractivity contribution < 1.29 is 18.4 Å². The van der Waals surface area contributed by atoms with Gasteiger partial charge < -0.3 is 9.32 Å². The molecule has 1 aliphatic heterocycles. The van der Waals surface area contributed by atoms with Gasteiger partial charge in [0.15, 0.2) is 0 Å². The minimum absolute atomic E-state index is 0.0192. The molecule has 1 saturated heterocycles. The van der Waals surface area contributed by atoms with Crippen molar-refractivity contribution in [3.05, 3.63) is 71.9 Å². The van der Waals surface area contributed by atoms with Crippen LogP contribution in [0.15, 0.2) is 59.0 Å². The van der Waals surface area contributed by atoms with E-state index in [1.165, 1.54) is 12.1 Å². The molecule has 3 aromatic rings. The highest BCUT2D eigenvalue weighted by molar-refractivity contribution is 5.96. The maximum Gasteiger partial charge on any atom is 0.322 e. The Morgan fingerprint density at radius 1 is 1.14 bits per heavy atom. The van der Waals surface area contributed by atoms with E-state index in [0.717, 1.165) is 5.56 Å². The largest absolute Gasteiger partial charge is 0.407 e. The first kappa shape index (κ1) is 18.8. The Kier molecular flexibility index (Phi) is 5.33. The van der Waals surface area contributed by atoms with Crippen molar-refractivity contribution in [2.75, 3.05) is 16.8 Å². The normalized spacial score (nSPS) is 16.2. The second-order valence-corrected chi connectivity index (χ2v) is 6.86. The summed E-state index contributed by atoms with van der Waals surface area (Å²) in [6.45, 7) is 0.355. The smallest absolute Gasteiger partial charge is 0.322 e. The van der Waals surface area contributed by atoms with Crippen molar-refractivity contribution in [2.24, 2.45) is 0 Å². The molecule has 0 spiro atoms. The minimum atomic E-state index is -0.360. The van der Waals surface area contributed by atoms with Gasteiger partial charge in [-0.2, -0.15) is 0 Å². The van der Waals surface area contributed by atoms with Gasteiger partial charge in [-0.3, -0.25) is 14.9 Å². The van der Waals surface area contributed by atoms with Gasteiger partial charge in [-0.15, -0.1) is 5.10 Å². The van der Waals surface area contributed by atoms with Crippen LogP contribution in [0.25, 0.3) is 0 Å². The van der Waals surface area contributed by atoms with Crippen LogP contribution in [-0.4, -0.2) is 28.6 Å². The fourth-order valence-electron chi connectivity index (χ4n) is 3.28. The molecule has 1 fully saturated rings. The molecule has 2 aromatic carbocycles. The summed E-state index contributed by atoms with van der Waals surface area (Å²) in [5.74, 6) is -0.675. The van der Waals surface area contributed by atoms with Crippen LogP contribution in [0.4, 0.5) is 16.1 Å². The van der Waals surface area contributed by atoms with Gasteiger partial charge in [-0.25, -0.2) is 4.39 Å². The van der Waals surface area contributed by atoms with E-state index in [0.29, 0.717) is 31.0 Å². The number of aryl methyl sites for hydroxylation is 1. The molecule has 0 saturated carbocycles. The maximum absolute atomic E-state index is 13.1. The summed E-state index contributed by atoms with van der Waals surface area (Å²) < 4.78 is 18.6. The third kappa shape index (κ3) is 4.48. The average molecular weight is 394 g/mol. The molecule has 0 aliphatic carbocycles. The molecule has 8 heteroatoms. The number of amides is 2. The number of carbonyl (C=O) groups is 2. The molecule has 7 nitrogen and oxygen atoms in total. The van der Waals surface area contributed by atoms with Crippen LogP contribution in [-0.2, 0) is 16.0 Å². The molecule has 148 valence electrons. The van der Waals surface area contributed by atoms with Crippen LogP contribution in [0.2, 0.25) is 0 Å². The second-order valence-electron chi connectivity index (χ2n) is 6.86. The molecule has 0 radical (unpaired) electrons. The zero-order chi connectivity index (χ0) is 20.2. The number of anilines is 2. The van der Waals surface area contributed by atoms with Gasteiger partial charge in [0.25, 0.3) is 0 Å². The van der Waals surface area contributed by atoms with Crippen molar-refractivity contribution >= 4 is 23.5 Å². The molecule has 1 atom stereocenters. The first-order valence-electron chi connectivity index (χ1n) is 9.31. The third-order valence-corrected chi connectivity index (χ3v) is 4.78. The van der Waals surface area contributed by atoms with Gasteiger partial charge in [-0.1, -0.05) is 35.4 Å². The van der Waals surface area contributed by atoms with Crippen molar-refractivity contribution in [1.82, 2.24) is 10.2 Å². The predicted octanol–water partition coefficient (Wildman–Crippen LogP) is 3.30. The lowest BCUT2D eigenvalue weighted by atomic mass is 10.1. The first-order valence-corrected chi connectivity index (χ1v) is 9.31. The molecular formula is C21H19FN4O3. The van der Waals surface area contributed by atoms with E-state index in [9.17, 15) is 14.0 Å². The number of aromatic nitrogens is 2. The summed E-state index contributed by atoms with van der Waals surface area (Å²) in [5.41, 5.74) is 1.69. The SMILES string of the molecule is O=C(CCc1ccccc1)Nc1nnc(C2CC(=O)N(c3ccc(F)cc3)C2)o1. The third-order valence-electron chi connectivity index (χ3n) is 4.78. The zero-order valence-electron chi connectivity index (χ0n) is 15.5. The molecule has 2 amide bonds. The number of hydrogen-bond acceptors (Lipinski definition) is 5. The van der Waals surface area contributed by atoms with E-state index < -0.39 is 0 Å². The van der Waals surface area contributed by atoms with Crippen LogP contribution in [0.1, 0.15) is 30.2 Å². The average Bonchev–Trinajstić information content (AvgIpc) is 3.34. The van der Waals surface area contributed by atoms with Crippen LogP contribution < -0.4 is 10.2 Å². The second kappa shape index (κ2) is 8.22. The number of hydrogen-bond donors (Lipinski definition) is 1. The van der Waals surface area contributed by atoms with E-state index in [2.05, 4.69) is 15.5 Å². The van der Waals surface area contributed by atoms with E-state index in [1.54, 1.807) is 17.0 Å². The maximum atomic E-state index is 13.1. The molecule has 29 heavy (non-hydrogen) atoms. The molecular weight excluding hydrogens is 375 g/mol. The summed E-state index contributed by atoms with van der Waals surface area (Å²) in [5, 5.41) is 10.4. The Labute approximate surface area is 166 Å². The van der Waals surface area contributed by atoms with Gasteiger partial charge in [0.1, 0.15) is 5.82 Å². The molecule has 0 bridgehead atoms. The Morgan fingerprint density at radius 2 is 1.90 bits per heavy atom. The van der Waals surface area contributed by atoms with Gasteiger partial charge in [-0.05, 0) is 36.2 Å². The standard InChI is InChI=1S/C21H19FN4O3/c22-16-7-9-17(10-8-16)26-13-15(12-19(26)28)20-24-25-21(29-20)23-18(27)11-6-14-4-2-1-3-5-14/h1-5,7-10,15H,6,11-13H2,(H,23,25,27). The monoisotopic (exact) mass is 394 g/mol. The highest BCUT2D eigenvalue weighted by atomic mass is 19.1.